The summed E-state index contributed by atoms with van der Waals surface area (Å²) in [7, 11) is 0. The van der Waals surface area contributed by atoms with Gasteiger partial charge in [-0.2, -0.15) is 0 Å². The number of benzene rings is 1. The third-order valence-electron chi connectivity index (χ3n) is 2.29. The fourth-order valence-electron chi connectivity index (χ4n) is 1.44. The van der Waals surface area contributed by atoms with Gasteiger partial charge in [-0.1, -0.05) is 23.8 Å². The Labute approximate surface area is 129 Å². The van der Waals surface area contributed by atoms with E-state index in [0.29, 0.717) is 10.0 Å². The minimum absolute atomic E-state index is 0.337. The second kappa shape index (κ2) is 5.81. The van der Waals surface area contributed by atoms with Crippen LogP contribution in [0.15, 0.2) is 36.7 Å². The number of pyridine rings is 1. The molecule has 3 nitrogen and oxygen atoms in total. The molecule has 0 aliphatic heterocycles. The van der Waals surface area contributed by atoms with E-state index in [0.717, 1.165) is 20.5 Å². The third kappa shape index (κ3) is 3.09. The predicted molar refractivity (Wildman–Crippen MR) is 87.6 cm³/mol. The Morgan fingerprint density at radius 2 is 2.11 bits per heavy atom. The minimum atomic E-state index is 0.337. The van der Waals surface area contributed by atoms with Crippen molar-refractivity contribution in [2.75, 3.05) is 5.32 Å². The number of thiocarbonyl (C=S) groups is 1. The average molecular weight is 390 g/mol. The predicted octanol–water partition coefficient (Wildman–Crippen LogP) is 3.72. The molecular weight excluding hydrogens is 381 g/mol. The van der Waals surface area contributed by atoms with E-state index in [9.17, 15) is 0 Å². The highest BCUT2D eigenvalue weighted by Crippen LogP contribution is 2.26. The Morgan fingerprint density at radius 1 is 1.33 bits per heavy atom. The first kappa shape index (κ1) is 13.5. The van der Waals surface area contributed by atoms with Crippen molar-refractivity contribution in [3.8, 4) is 0 Å². The highest BCUT2D eigenvalue weighted by molar-refractivity contribution is 14.1. The molecule has 2 rings (SSSR count). The van der Waals surface area contributed by atoms with Gasteiger partial charge in [0.05, 0.1) is 17.6 Å². The molecular formula is C12H9ClIN3S. The molecule has 1 heterocycles. The van der Waals surface area contributed by atoms with Gasteiger partial charge in [-0.05, 0) is 46.9 Å². The molecule has 0 aliphatic rings. The molecule has 6 heteroatoms. The lowest BCUT2D eigenvalue weighted by molar-refractivity contribution is 1.31. The molecule has 1 aromatic heterocycles. The van der Waals surface area contributed by atoms with E-state index in [2.05, 4.69) is 32.9 Å². The molecule has 0 bridgehead atoms. The molecule has 0 unspecified atom stereocenters. The van der Waals surface area contributed by atoms with Crippen molar-refractivity contribution < 1.29 is 0 Å². The van der Waals surface area contributed by atoms with Crippen LogP contribution >= 0.6 is 46.4 Å². The van der Waals surface area contributed by atoms with Crippen molar-refractivity contribution in [3.63, 3.8) is 0 Å². The Bertz CT molecular complexity index is 604. The summed E-state index contributed by atoms with van der Waals surface area (Å²) in [4.78, 5) is 4.40. The van der Waals surface area contributed by atoms with Gasteiger partial charge in [0.15, 0.2) is 0 Å². The van der Waals surface area contributed by atoms with E-state index >= 15 is 0 Å². The summed E-state index contributed by atoms with van der Waals surface area (Å²) in [6, 6.07) is 7.39. The average Bonchev–Trinajstić information content (AvgIpc) is 2.33. The van der Waals surface area contributed by atoms with Crippen molar-refractivity contribution in [2.24, 2.45) is 5.73 Å². The van der Waals surface area contributed by atoms with E-state index in [1.54, 1.807) is 18.5 Å². The van der Waals surface area contributed by atoms with Gasteiger partial charge in [-0.25, -0.2) is 0 Å². The van der Waals surface area contributed by atoms with Crippen LogP contribution in [0.5, 0.6) is 0 Å². The van der Waals surface area contributed by atoms with Crippen molar-refractivity contribution in [1.29, 1.82) is 0 Å². The summed E-state index contributed by atoms with van der Waals surface area (Å²) in [6.45, 7) is 0. The van der Waals surface area contributed by atoms with Gasteiger partial charge in [0, 0.05) is 20.4 Å². The fourth-order valence-corrected chi connectivity index (χ4v) is 2.63. The van der Waals surface area contributed by atoms with E-state index in [-0.39, 0.29) is 0 Å². The zero-order chi connectivity index (χ0) is 13.1. The molecule has 0 aliphatic carbocycles. The van der Waals surface area contributed by atoms with Crippen LogP contribution < -0.4 is 11.1 Å². The lowest BCUT2D eigenvalue weighted by atomic mass is 10.2. The van der Waals surface area contributed by atoms with E-state index in [1.165, 1.54) is 0 Å². The van der Waals surface area contributed by atoms with Gasteiger partial charge in [0.25, 0.3) is 0 Å². The first-order valence-corrected chi connectivity index (χ1v) is 6.90. The molecule has 18 heavy (non-hydrogen) atoms. The molecule has 0 atom stereocenters. The first-order valence-electron chi connectivity index (χ1n) is 5.04. The van der Waals surface area contributed by atoms with Crippen LogP contribution in [-0.2, 0) is 0 Å². The highest BCUT2D eigenvalue weighted by Gasteiger charge is 2.07. The normalized spacial score (nSPS) is 10.1. The summed E-state index contributed by atoms with van der Waals surface area (Å²) in [5.41, 5.74) is 8.16. The Balaban J connectivity index is 2.37. The zero-order valence-corrected chi connectivity index (χ0v) is 12.9. The number of nitrogens with zero attached hydrogens (tertiary/aromatic N) is 1. The van der Waals surface area contributed by atoms with Crippen molar-refractivity contribution in [3.05, 3.63) is 50.8 Å². The molecule has 1 aromatic carbocycles. The Kier molecular flexibility index (Phi) is 4.36. The fraction of sp³-hybridized carbons (Fsp3) is 0. The number of hydrogen-bond acceptors (Lipinski definition) is 3. The summed E-state index contributed by atoms with van der Waals surface area (Å²) in [5.74, 6) is 0. The largest absolute Gasteiger partial charge is 0.389 e. The molecule has 3 N–H and O–H groups in total. The van der Waals surface area contributed by atoms with E-state index in [1.807, 2.05) is 18.2 Å². The minimum Gasteiger partial charge on any atom is -0.389 e. The summed E-state index contributed by atoms with van der Waals surface area (Å²) >= 11 is 13.1. The maximum atomic E-state index is 5.92. The number of halogens is 2. The summed E-state index contributed by atoms with van der Waals surface area (Å²) in [6.07, 6.45) is 3.35. The molecule has 0 saturated heterocycles. The number of rotatable bonds is 3. The molecule has 2 aromatic rings. The van der Waals surface area contributed by atoms with Crippen molar-refractivity contribution in [1.82, 2.24) is 4.98 Å². The van der Waals surface area contributed by atoms with Gasteiger partial charge < -0.3 is 11.1 Å². The topological polar surface area (TPSA) is 50.9 Å². The lowest BCUT2D eigenvalue weighted by Gasteiger charge is -2.12. The quantitative estimate of drug-likeness (QED) is 0.620. The van der Waals surface area contributed by atoms with Crippen LogP contribution in [0.1, 0.15) is 5.56 Å². The van der Waals surface area contributed by atoms with Crippen molar-refractivity contribution in [2.45, 2.75) is 0 Å². The number of nitrogens with one attached hydrogen (secondary N) is 1. The van der Waals surface area contributed by atoms with Gasteiger partial charge in [-0.3, -0.25) is 4.98 Å². The van der Waals surface area contributed by atoms with Crippen LogP contribution in [0, 0.1) is 3.57 Å². The summed E-state index contributed by atoms with van der Waals surface area (Å²) in [5, 5.41) is 3.95. The zero-order valence-electron chi connectivity index (χ0n) is 9.15. The van der Waals surface area contributed by atoms with Crippen LogP contribution in [0.3, 0.4) is 0 Å². The Morgan fingerprint density at radius 3 is 2.78 bits per heavy atom. The second-order valence-corrected chi connectivity index (χ2v) is 5.57. The highest BCUT2D eigenvalue weighted by atomic mass is 127. The Hall–Kier alpha value is -0.920. The smallest absolute Gasteiger partial charge is 0.106 e. The van der Waals surface area contributed by atoms with Gasteiger partial charge >= 0.3 is 0 Å². The van der Waals surface area contributed by atoms with E-state index < -0.39 is 0 Å². The van der Waals surface area contributed by atoms with Crippen LogP contribution in [-0.4, -0.2) is 9.97 Å². The lowest BCUT2D eigenvalue weighted by Crippen LogP contribution is -2.12. The molecule has 92 valence electrons. The van der Waals surface area contributed by atoms with Crippen LogP contribution in [0.4, 0.5) is 11.4 Å². The van der Waals surface area contributed by atoms with E-state index in [4.69, 9.17) is 29.6 Å². The van der Waals surface area contributed by atoms with Gasteiger partial charge in [0.2, 0.25) is 0 Å². The first-order chi connectivity index (χ1) is 8.58. The standard InChI is InChI=1S/C12H9ClIN3S/c13-7-1-2-10(9(14)5-7)17-11-6-16-4-3-8(11)12(15)18/h1-6,17H,(H2,15,18). The monoisotopic (exact) mass is 389 g/mol. The molecule has 0 saturated carbocycles. The van der Waals surface area contributed by atoms with Crippen LogP contribution in [0.2, 0.25) is 5.02 Å². The molecule has 0 fully saturated rings. The molecule has 0 amide bonds. The molecule has 0 radical (unpaired) electrons. The summed E-state index contributed by atoms with van der Waals surface area (Å²) < 4.78 is 1.01. The maximum absolute atomic E-state index is 5.92. The number of anilines is 2. The number of nitrogens with two attached hydrogens (primary N) is 1. The van der Waals surface area contributed by atoms with Crippen molar-refractivity contribution >= 4 is 62.8 Å². The van der Waals surface area contributed by atoms with Gasteiger partial charge in [-0.15, -0.1) is 0 Å². The second-order valence-electron chi connectivity index (χ2n) is 3.53. The number of aromatic nitrogens is 1. The maximum Gasteiger partial charge on any atom is 0.106 e. The molecule has 0 spiro atoms. The third-order valence-corrected chi connectivity index (χ3v) is 3.63. The number of hydrogen-bond donors (Lipinski definition) is 2. The SMILES string of the molecule is NC(=S)c1ccncc1Nc1ccc(Cl)cc1I. The van der Waals surface area contributed by atoms with Crippen LogP contribution in [0.25, 0.3) is 0 Å². The van der Waals surface area contributed by atoms with Gasteiger partial charge in [0.1, 0.15) is 4.99 Å².